The lowest BCUT2D eigenvalue weighted by Crippen LogP contribution is -2.22. The molecular weight excluding hydrogens is 267 g/mol. The van der Waals surface area contributed by atoms with E-state index in [0.717, 1.165) is 0 Å². The van der Waals surface area contributed by atoms with Gasteiger partial charge in [-0.15, -0.1) is 0 Å². The van der Waals surface area contributed by atoms with Crippen LogP contribution in [0.5, 0.6) is 0 Å². The Morgan fingerprint density at radius 1 is 1.41 bits per heavy atom. The molecule has 0 N–H and O–H groups in total. The number of rotatable bonds is 2. The van der Waals surface area contributed by atoms with Crippen LogP contribution in [-0.2, 0) is 14.3 Å². The Labute approximate surface area is 107 Å². The summed E-state index contributed by atoms with van der Waals surface area (Å²) in [5, 5.41) is 0.376. The van der Waals surface area contributed by atoms with Crippen LogP contribution in [0.3, 0.4) is 0 Å². The minimum absolute atomic E-state index is 0.116. The Kier molecular flexibility index (Phi) is 3.54. The Bertz CT molecular complexity index is 473. The van der Waals surface area contributed by atoms with Crippen LogP contribution in [-0.4, -0.2) is 24.6 Å². The highest BCUT2D eigenvalue weighted by atomic mass is 35.5. The van der Waals surface area contributed by atoms with Gasteiger partial charge in [0.2, 0.25) is 6.10 Å². The van der Waals surface area contributed by atoms with Crippen LogP contribution in [0.2, 0.25) is 10.0 Å². The van der Waals surface area contributed by atoms with E-state index in [1.54, 1.807) is 12.1 Å². The zero-order valence-electron chi connectivity index (χ0n) is 8.61. The van der Waals surface area contributed by atoms with Crippen molar-refractivity contribution in [2.75, 3.05) is 6.61 Å². The first kappa shape index (κ1) is 12.2. The van der Waals surface area contributed by atoms with Gasteiger partial charge in [-0.25, -0.2) is 9.59 Å². The highest BCUT2D eigenvalue weighted by Crippen LogP contribution is 2.26. The number of hydrogen-bond acceptors (Lipinski definition) is 4. The van der Waals surface area contributed by atoms with Crippen molar-refractivity contribution in [2.24, 2.45) is 0 Å². The first-order valence-corrected chi connectivity index (χ1v) is 5.67. The van der Waals surface area contributed by atoms with Gasteiger partial charge in [0.15, 0.2) is 0 Å². The van der Waals surface area contributed by atoms with Gasteiger partial charge in [0.05, 0.1) is 22.2 Å². The van der Waals surface area contributed by atoms with E-state index in [2.05, 4.69) is 4.74 Å². The first-order valence-electron chi connectivity index (χ1n) is 4.91. The molecule has 4 nitrogen and oxygen atoms in total. The van der Waals surface area contributed by atoms with Crippen LogP contribution < -0.4 is 0 Å². The molecule has 0 aromatic heterocycles. The number of esters is 2. The second kappa shape index (κ2) is 4.94. The molecule has 0 saturated carbocycles. The Morgan fingerprint density at radius 2 is 2.18 bits per heavy atom. The maximum atomic E-state index is 11.7. The van der Waals surface area contributed by atoms with Crippen molar-refractivity contribution in [3.8, 4) is 0 Å². The van der Waals surface area contributed by atoms with E-state index in [-0.39, 0.29) is 22.2 Å². The molecule has 1 aromatic rings. The van der Waals surface area contributed by atoms with Crippen LogP contribution in [0, 0.1) is 0 Å². The highest BCUT2D eigenvalue weighted by Gasteiger charge is 2.31. The molecule has 1 aliphatic heterocycles. The molecule has 0 unspecified atom stereocenters. The van der Waals surface area contributed by atoms with Gasteiger partial charge in [0, 0.05) is 6.42 Å². The fourth-order valence-corrected chi connectivity index (χ4v) is 1.82. The molecule has 0 radical (unpaired) electrons. The van der Waals surface area contributed by atoms with Crippen molar-refractivity contribution in [1.29, 1.82) is 0 Å². The van der Waals surface area contributed by atoms with Gasteiger partial charge in [-0.3, -0.25) is 0 Å². The predicted octanol–water partition coefficient (Wildman–Crippen LogP) is 2.47. The Balaban J connectivity index is 2.14. The van der Waals surface area contributed by atoms with Crippen molar-refractivity contribution in [3.05, 3.63) is 33.8 Å². The van der Waals surface area contributed by atoms with Crippen LogP contribution in [0.25, 0.3) is 0 Å². The third-order valence-corrected chi connectivity index (χ3v) is 3.13. The lowest BCUT2D eigenvalue weighted by Gasteiger charge is -2.09. The topological polar surface area (TPSA) is 52.6 Å². The Morgan fingerprint density at radius 3 is 2.82 bits per heavy atom. The third-order valence-electron chi connectivity index (χ3n) is 2.31. The maximum absolute atomic E-state index is 11.7. The number of carbonyl (C=O) groups excluding carboxylic acids is 2. The predicted molar refractivity (Wildman–Crippen MR) is 61.2 cm³/mol. The van der Waals surface area contributed by atoms with E-state index in [1.165, 1.54) is 6.07 Å². The minimum Gasteiger partial charge on any atom is -0.463 e. The van der Waals surface area contributed by atoms with Gasteiger partial charge < -0.3 is 9.47 Å². The lowest BCUT2D eigenvalue weighted by molar-refractivity contribution is -0.145. The zero-order chi connectivity index (χ0) is 12.4. The van der Waals surface area contributed by atoms with Gasteiger partial charge in [-0.1, -0.05) is 29.3 Å². The minimum atomic E-state index is -0.849. The fourth-order valence-electron chi connectivity index (χ4n) is 1.44. The zero-order valence-corrected chi connectivity index (χ0v) is 10.1. The van der Waals surface area contributed by atoms with Gasteiger partial charge in [-0.05, 0) is 12.1 Å². The number of carbonyl (C=O) groups is 2. The van der Waals surface area contributed by atoms with E-state index in [1.807, 2.05) is 0 Å². The lowest BCUT2D eigenvalue weighted by atomic mass is 10.2. The maximum Gasteiger partial charge on any atom is 0.347 e. The van der Waals surface area contributed by atoms with Crippen LogP contribution in [0.4, 0.5) is 0 Å². The monoisotopic (exact) mass is 274 g/mol. The number of cyclic esters (lactones) is 1. The quantitative estimate of drug-likeness (QED) is 0.778. The average molecular weight is 275 g/mol. The molecule has 1 aromatic carbocycles. The van der Waals surface area contributed by atoms with Crippen molar-refractivity contribution in [3.63, 3.8) is 0 Å². The summed E-state index contributed by atoms with van der Waals surface area (Å²) < 4.78 is 9.67. The van der Waals surface area contributed by atoms with Gasteiger partial charge in [0.25, 0.3) is 0 Å². The molecule has 0 amide bonds. The molecule has 17 heavy (non-hydrogen) atoms. The molecular formula is C11H8Cl2O4. The summed E-state index contributed by atoms with van der Waals surface area (Å²) >= 11 is 11.6. The normalized spacial score (nSPS) is 18.9. The summed E-state index contributed by atoms with van der Waals surface area (Å²) in [6, 6.07) is 4.62. The van der Waals surface area contributed by atoms with E-state index >= 15 is 0 Å². The fraction of sp³-hybridized carbons (Fsp3) is 0.273. The van der Waals surface area contributed by atoms with Crippen molar-refractivity contribution in [2.45, 2.75) is 12.5 Å². The second-order valence-electron chi connectivity index (χ2n) is 3.45. The van der Waals surface area contributed by atoms with E-state index in [9.17, 15) is 9.59 Å². The summed E-state index contributed by atoms with van der Waals surface area (Å²) in [6.07, 6.45) is -0.486. The number of hydrogen-bond donors (Lipinski definition) is 0. The van der Waals surface area contributed by atoms with Crippen LogP contribution >= 0.6 is 23.2 Å². The number of benzene rings is 1. The molecule has 1 saturated heterocycles. The van der Waals surface area contributed by atoms with Crippen molar-refractivity contribution in [1.82, 2.24) is 0 Å². The van der Waals surface area contributed by atoms with E-state index in [4.69, 9.17) is 27.9 Å². The molecule has 90 valence electrons. The summed E-state index contributed by atoms with van der Waals surface area (Å²) in [6.45, 7) is 0.264. The van der Waals surface area contributed by atoms with Crippen molar-refractivity contribution >= 4 is 35.1 Å². The first-order chi connectivity index (χ1) is 8.09. The molecule has 2 rings (SSSR count). The highest BCUT2D eigenvalue weighted by molar-refractivity contribution is 6.43. The largest absolute Gasteiger partial charge is 0.463 e. The summed E-state index contributed by atoms with van der Waals surface area (Å²) in [7, 11) is 0. The van der Waals surface area contributed by atoms with E-state index < -0.39 is 18.0 Å². The molecule has 0 bridgehead atoms. The standard InChI is InChI=1S/C11H8Cl2O4/c12-7-3-1-2-6(9(7)13)10(14)17-8-4-5-16-11(8)15/h1-3,8H,4-5H2/t8-/m1/s1. The molecule has 1 heterocycles. The van der Waals surface area contributed by atoms with Gasteiger partial charge in [-0.2, -0.15) is 0 Å². The molecule has 0 aliphatic carbocycles. The summed E-state index contributed by atoms with van der Waals surface area (Å²) in [4.78, 5) is 22.9. The third kappa shape index (κ3) is 2.53. The summed E-state index contributed by atoms with van der Waals surface area (Å²) in [5.41, 5.74) is 0.138. The Hall–Kier alpha value is -1.26. The SMILES string of the molecule is O=C(O[C@@H]1CCOC1=O)c1cccc(Cl)c1Cl. The van der Waals surface area contributed by atoms with Gasteiger partial charge in [0.1, 0.15) is 0 Å². The van der Waals surface area contributed by atoms with Crippen LogP contribution in [0.15, 0.2) is 18.2 Å². The molecule has 0 spiro atoms. The van der Waals surface area contributed by atoms with Crippen LogP contribution in [0.1, 0.15) is 16.8 Å². The molecule has 1 atom stereocenters. The molecule has 1 aliphatic rings. The van der Waals surface area contributed by atoms with Gasteiger partial charge >= 0.3 is 11.9 Å². The van der Waals surface area contributed by atoms with Crippen molar-refractivity contribution < 1.29 is 19.1 Å². The smallest absolute Gasteiger partial charge is 0.347 e. The number of ether oxygens (including phenoxy) is 2. The average Bonchev–Trinajstić information content (AvgIpc) is 2.68. The van der Waals surface area contributed by atoms with E-state index in [0.29, 0.717) is 6.42 Å². The number of halogens is 2. The molecule has 6 heteroatoms. The second-order valence-corrected chi connectivity index (χ2v) is 4.24. The summed E-state index contributed by atoms with van der Waals surface area (Å²) in [5.74, 6) is -1.21. The molecule has 1 fully saturated rings.